The lowest BCUT2D eigenvalue weighted by Crippen LogP contribution is -2.56. The number of hydrogen-bond acceptors (Lipinski definition) is 3. The minimum absolute atomic E-state index is 0.308. The molecule has 1 amide bonds. The van der Waals surface area contributed by atoms with Gasteiger partial charge in [0.05, 0.1) is 6.26 Å². The molecule has 0 spiro atoms. The normalized spacial score (nSPS) is 21.3. The fraction of sp³-hybridized carbons (Fsp3) is 0.367. The average Bonchev–Trinajstić information content (AvgIpc) is 3.40. The molecule has 2 fully saturated rings. The maximum absolute atomic E-state index is 13.0. The Morgan fingerprint density at radius 3 is 2.35 bits per heavy atom. The number of rotatable bonds is 8. The number of amides is 1. The van der Waals surface area contributed by atoms with Gasteiger partial charge < -0.3 is 9.32 Å². The van der Waals surface area contributed by atoms with Crippen LogP contribution in [0.4, 0.5) is 0 Å². The lowest BCUT2D eigenvalue weighted by molar-refractivity contribution is -0.141. The Morgan fingerprint density at radius 1 is 0.941 bits per heavy atom. The van der Waals surface area contributed by atoms with Crippen molar-refractivity contribution in [2.24, 2.45) is 5.92 Å². The molecule has 0 N–H and O–H groups in total. The summed E-state index contributed by atoms with van der Waals surface area (Å²) in [5.74, 6) is 2.11. The van der Waals surface area contributed by atoms with Crippen molar-refractivity contribution in [1.82, 2.24) is 9.80 Å². The van der Waals surface area contributed by atoms with Gasteiger partial charge in [0.1, 0.15) is 5.76 Å². The van der Waals surface area contributed by atoms with Gasteiger partial charge in [-0.2, -0.15) is 0 Å². The van der Waals surface area contributed by atoms with Crippen LogP contribution < -0.4 is 0 Å². The smallest absolute Gasteiger partial charge is 0.222 e. The van der Waals surface area contributed by atoms with Crippen molar-refractivity contribution in [1.29, 1.82) is 0 Å². The largest absolute Gasteiger partial charge is 0.465 e. The van der Waals surface area contributed by atoms with Gasteiger partial charge >= 0.3 is 0 Å². The first-order valence-electron chi connectivity index (χ1n) is 12.6. The van der Waals surface area contributed by atoms with Gasteiger partial charge in [0.15, 0.2) is 0 Å². The minimum Gasteiger partial charge on any atom is -0.465 e. The SMILES string of the molecule is O=C1CC[C@@H]2CN(C/C=C/c3ccco3)CC[C@@H]2N1CCC(c1ccccc1)c1ccccc1. The number of piperidine rings is 2. The quantitative estimate of drug-likeness (QED) is 0.430. The highest BCUT2D eigenvalue weighted by molar-refractivity contribution is 5.77. The highest BCUT2D eigenvalue weighted by Crippen LogP contribution is 2.34. The Labute approximate surface area is 202 Å². The minimum atomic E-state index is 0.308. The summed E-state index contributed by atoms with van der Waals surface area (Å²) in [6.07, 6.45) is 9.66. The Hall–Kier alpha value is -3.11. The van der Waals surface area contributed by atoms with E-state index < -0.39 is 0 Å². The summed E-state index contributed by atoms with van der Waals surface area (Å²) < 4.78 is 5.40. The van der Waals surface area contributed by atoms with Gasteiger partial charge in [-0.15, -0.1) is 0 Å². The summed E-state index contributed by atoms with van der Waals surface area (Å²) in [7, 11) is 0. The predicted octanol–water partition coefficient (Wildman–Crippen LogP) is 5.83. The number of likely N-dealkylation sites (tertiary alicyclic amines) is 2. The molecule has 2 aliphatic heterocycles. The molecule has 2 aromatic carbocycles. The number of carbonyl (C=O) groups is 1. The van der Waals surface area contributed by atoms with Crippen LogP contribution in [-0.4, -0.2) is 47.9 Å². The summed E-state index contributed by atoms with van der Waals surface area (Å²) in [6.45, 7) is 3.86. The van der Waals surface area contributed by atoms with E-state index in [2.05, 4.69) is 82.6 Å². The van der Waals surface area contributed by atoms with E-state index in [-0.39, 0.29) is 0 Å². The molecule has 4 nitrogen and oxygen atoms in total. The number of nitrogens with zero attached hydrogens (tertiary/aromatic N) is 2. The number of hydrogen-bond donors (Lipinski definition) is 0. The van der Waals surface area contributed by atoms with E-state index in [1.165, 1.54) is 11.1 Å². The number of benzene rings is 2. The molecule has 4 heteroatoms. The second kappa shape index (κ2) is 10.9. The van der Waals surface area contributed by atoms with E-state index in [1.54, 1.807) is 6.26 Å². The van der Waals surface area contributed by atoms with Crippen LogP contribution in [0.2, 0.25) is 0 Å². The van der Waals surface area contributed by atoms with Gasteiger partial charge in [0, 0.05) is 44.6 Å². The molecule has 3 heterocycles. The molecule has 176 valence electrons. The molecule has 0 aliphatic carbocycles. The van der Waals surface area contributed by atoms with E-state index in [0.717, 1.165) is 51.2 Å². The van der Waals surface area contributed by atoms with Gasteiger partial charge in [-0.1, -0.05) is 66.7 Å². The molecule has 3 aromatic rings. The molecule has 0 radical (unpaired) electrons. The highest BCUT2D eigenvalue weighted by Gasteiger charge is 2.39. The standard InChI is InChI=1S/C30H34N2O2/c33-30-16-15-26-23-31(19-7-13-27-14-8-22-34-27)20-18-29(26)32(30)21-17-28(24-9-3-1-4-10-24)25-11-5-2-6-12-25/h1-14,22,26,28-29H,15-21,23H2/b13-7+/t26-,29+/m1/s1. The third kappa shape index (κ3) is 5.34. The zero-order valence-electron chi connectivity index (χ0n) is 19.8. The number of furan rings is 1. The molecule has 1 aromatic heterocycles. The molecular formula is C30H34N2O2. The van der Waals surface area contributed by atoms with Crippen LogP contribution in [0.15, 0.2) is 89.6 Å². The Bertz CT molecular complexity index is 1020. The molecule has 0 bridgehead atoms. The van der Waals surface area contributed by atoms with Crippen LogP contribution in [-0.2, 0) is 4.79 Å². The topological polar surface area (TPSA) is 36.7 Å². The zero-order valence-corrected chi connectivity index (χ0v) is 19.8. The predicted molar refractivity (Wildman–Crippen MR) is 136 cm³/mol. The van der Waals surface area contributed by atoms with Crippen LogP contribution in [0.1, 0.15) is 48.5 Å². The fourth-order valence-electron chi connectivity index (χ4n) is 5.75. The van der Waals surface area contributed by atoms with Crippen molar-refractivity contribution in [3.63, 3.8) is 0 Å². The third-order valence-corrected chi connectivity index (χ3v) is 7.48. The number of carbonyl (C=O) groups excluding carboxylic acids is 1. The second-order valence-electron chi connectivity index (χ2n) is 9.58. The van der Waals surface area contributed by atoms with Crippen LogP contribution in [0.3, 0.4) is 0 Å². The Balaban J connectivity index is 1.23. The highest BCUT2D eigenvalue weighted by atomic mass is 16.3. The van der Waals surface area contributed by atoms with Gasteiger partial charge in [-0.3, -0.25) is 9.69 Å². The molecule has 0 unspecified atom stereocenters. The number of fused-ring (bicyclic) bond motifs is 1. The van der Waals surface area contributed by atoms with Gasteiger partial charge in [-0.25, -0.2) is 0 Å². The van der Waals surface area contributed by atoms with Gasteiger partial charge in [0.25, 0.3) is 0 Å². The first kappa shape index (κ1) is 22.7. The van der Waals surface area contributed by atoms with E-state index in [4.69, 9.17) is 4.42 Å². The maximum Gasteiger partial charge on any atom is 0.222 e. The van der Waals surface area contributed by atoms with Gasteiger partial charge in [-0.05, 0) is 54.5 Å². The monoisotopic (exact) mass is 454 g/mol. The Kier molecular flexibility index (Phi) is 7.25. The van der Waals surface area contributed by atoms with E-state index in [1.807, 2.05) is 12.1 Å². The lowest BCUT2D eigenvalue weighted by Gasteiger charge is -2.47. The molecule has 2 atom stereocenters. The van der Waals surface area contributed by atoms with Crippen LogP contribution in [0, 0.1) is 5.92 Å². The maximum atomic E-state index is 13.0. The van der Waals surface area contributed by atoms with Gasteiger partial charge in [0.2, 0.25) is 5.91 Å². The van der Waals surface area contributed by atoms with Crippen LogP contribution in [0.25, 0.3) is 6.08 Å². The van der Waals surface area contributed by atoms with Crippen LogP contribution >= 0.6 is 0 Å². The summed E-state index contributed by atoms with van der Waals surface area (Å²) >= 11 is 0. The summed E-state index contributed by atoms with van der Waals surface area (Å²) in [5, 5.41) is 0. The second-order valence-corrected chi connectivity index (χ2v) is 9.58. The van der Waals surface area contributed by atoms with Crippen molar-refractivity contribution in [3.05, 3.63) is 102 Å². The summed E-state index contributed by atoms with van der Waals surface area (Å²) in [5.41, 5.74) is 2.65. The van der Waals surface area contributed by atoms with E-state index in [9.17, 15) is 4.79 Å². The van der Waals surface area contributed by atoms with Crippen molar-refractivity contribution in [2.45, 2.75) is 37.6 Å². The van der Waals surface area contributed by atoms with Crippen molar-refractivity contribution >= 4 is 12.0 Å². The van der Waals surface area contributed by atoms with Crippen LogP contribution in [0.5, 0.6) is 0 Å². The molecular weight excluding hydrogens is 420 g/mol. The third-order valence-electron chi connectivity index (χ3n) is 7.48. The lowest BCUT2D eigenvalue weighted by atomic mass is 9.82. The molecule has 34 heavy (non-hydrogen) atoms. The zero-order chi connectivity index (χ0) is 23.2. The molecule has 0 saturated carbocycles. The fourth-order valence-corrected chi connectivity index (χ4v) is 5.75. The summed E-state index contributed by atoms with van der Waals surface area (Å²) in [6, 6.07) is 25.7. The van der Waals surface area contributed by atoms with Crippen molar-refractivity contribution in [3.8, 4) is 0 Å². The van der Waals surface area contributed by atoms with Crippen molar-refractivity contribution < 1.29 is 9.21 Å². The summed E-state index contributed by atoms with van der Waals surface area (Å²) in [4.78, 5) is 17.8. The van der Waals surface area contributed by atoms with E-state index in [0.29, 0.717) is 30.2 Å². The van der Waals surface area contributed by atoms with E-state index >= 15 is 0 Å². The van der Waals surface area contributed by atoms with Crippen molar-refractivity contribution in [2.75, 3.05) is 26.2 Å². The molecule has 5 rings (SSSR count). The first-order chi connectivity index (χ1) is 16.8. The first-order valence-corrected chi connectivity index (χ1v) is 12.6. The Morgan fingerprint density at radius 2 is 1.68 bits per heavy atom. The molecule has 2 saturated heterocycles. The molecule has 2 aliphatic rings. The average molecular weight is 455 g/mol.